The maximum Gasteiger partial charge on any atom is 0.262 e. The van der Waals surface area contributed by atoms with Crippen LogP contribution >= 0.6 is 11.8 Å². The number of aromatic nitrogens is 3. The van der Waals surface area contributed by atoms with Gasteiger partial charge in [0.1, 0.15) is 0 Å². The normalized spacial score (nSPS) is 11.0. The number of benzene rings is 1. The van der Waals surface area contributed by atoms with Crippen molar-refractivity contribution in [2.24, 2.45) is 0 Å². The van der Waals surface area contributed by atoms with Crippen molar-refractivity contribution in [3.05, 3.63) is 64.7 Å². The highest BCUT2D eigenvalue weighted by atomic mass is 32.2. The fourth-order valence-corrected chi connectivity index (χ4v) is 3.38. The van der Waals surface area contributed by atoms with Gasteiger partial charge in [-0.05, 0) is 30.7 Å². The van der Waals surface area contributed by atoms with Crippen molar-refractivity contribution >= 4 is 22.7 Å². The first-order chi connectivity index (χ1) is 11.8. The smallest absolute Gasteiger partial charge is 0.262 e. The fourth-order valence-electron chi connectivity index (χ4n) is 2.44. The van der Waals surface area contributed by atoms with Crippen LogP contribution in [0.1, 0.15) is 12.1 Å². The predicted octanol–water partition coefficient (Wildman–Crippen LogP) is 3.12. The lowest BCUT2D eigenvalue weighted by Gasteiger charge is -2.12. The van der Waals surface area contributed by atoms with Crippen LogP contribution in [-0.4, -0.2) is 28.3 Å². The Balaban J connectivity index is 1.93. The molecule has 2 heterocycles. The van der Waals surface area contributed by atoms with Crippen LogP contribution < -0.4 is 5.56 Å². The molecule has 0 fully saturated rings. The minimum absolute atomic E-state index is 0.000207. The summed E-state index contributed by atoms with van der Waals surface area (Å²) in [4.78, 5) is 21.8. The summed E-state index contributed by atoms with van der Waals surface area (Å²) < 4.78 is 6.85. The van der Waals surface area contributed by atoms with Crippen molar-refractivity contribution in [2.45, 2.75) is 23.9 Å². The standard InChI is InChI=1S/C18H19N3O2S/c1-23-12-6-11-21-17(22)15-8-2-3-9-16(15)20-18(21)24-13-14-7-4-5-10-19-14/h2-5,7-10H,6,11-13H2,1H3. The number of hydrogen-bond donors (Lipinski definition) is 0. The second-order valence-electron chi connectivity index (χ2n) is 5.32. The molecule has 3 rings (SSSR count). The van der Waals surface area contributed by atoms with E-state index in [9.17, 15) is 4.79 Å². The van der Waals surface area contributed by atoms with Gasteiger partial charge in [0, 0.05) is 32.2 Å². The molecule has 124 valence electrons. The van der Waals surface area contributed by atoms with Gasteiger partial charge >= 0.3 is 0 Å². The van der Waals surface area contributed by atoms with Crippen molar-refractivity contribution in [1.82, 2.24) is 14.5 Å². The van der Waals surface area contributed by atoms with E-state index < -0.39 is 0 Å². The molecule has 3 aromatic rings. The maximum atomic E-state index is 12.8. The summed E-state index contributed by atoms with van der Waals surface area (Å²) in [5, 5.41) is 1.37. The number of hydrogen-bond acceptors (Lipinski definition) is 5. The number of para-hydroxylation sites is 1. The van der Waals surface area contributed by atoms with E-state index in [1.807, 2.05) is 42.5 Å². The number of rotatable bonds is 7. The third kappa shape index (κ3) is 3.83. The second-order valence-corrected chi connectivity index (χ2v) is 6.27. The molecule has 0 spiro atoms. The summed E-state index contributed by atoms with van der Waals surface area (Å²) in [6, 6.07) is 13.3. The van der Waals surface area contributed by atoms with Crippen molar-refractivity contribution in [3.63, 3.8) is 0 Å². The van der Waals surface area contributed by atoms with Gasteiger partial charge < -0.3 is 4.74 Å². The largest absolute Gasteiger partial charge is 0.385 e. The molecule has 24 heavy (non-hydrogen) atoms. The quantitative estimate of drug-likeness (QED) is 0.375. The van der Waals surface area contributed by atoms with Crippen LogP contribution in [0.25, 0.3) is 10.9 Å². The molecule has 1 aromatic carbocycles. The van der Waals surface area contributed by atoms with Gasteiger partial charge in [0.2, 0.25) is 0 Å². The zero-order valence-corrected chi connectivity index (χ0v) is 14.3. The minimum Gasteiger partial charge on any atom is -0.385 e. The molecular formula is C18H19N3O2S. The molecule has 0 bridgehead atoms. The van der Waals surface area contributed by atoms with Crippen LogP contribution in [0.3, 0.4) is 0 Å². The number of fused-ring (bicyclic) bond motifs is 1. The van der Waals surface area contributed by atoms with Gasteiger partial charge in [0.15, 0.2) is 5.16 Å². The molecule has 0 aliphatic rings. The first kappa shape index (κ1) is 16.7. The summed E-state index contributed by atoms with van der Waals surface area (Å²) in [6.45, 7) is 1.21. The van der Waals surface area contributed by atoms with Gasteiger partial charge in [0.25, 0.3) is 5.56 Å². The lowest BCUT2D eigenvalue weighted by molar-refractivity contribution is 0.189. The molecule has 0 atom stereocenters. The Hall–Kier alpha value is -2.18. The van der Waals surface area contributed by atoms with Gasteiger partial charge in [-0.15, -0.1) is 0 Å². The van der Waals surface area contributed by atoms with Gasteiger partial charge in [0.05, 0.1) is 16.6 Å². The molecule has 0 N–H and O–H groups in total. The predicted molar refractivity (Wildman–Crippen MR) is 96.3 cm³/mol. The van der Waals surface area contributed by atoms with E-state index in [-0.39, 0.29) is 5.56 Å². The first-order valence-corrected chi connectivity index (χ1v) is 8.79. The Kier molecular flexibility index (Phi) is 5.61. The highest BCUT2D eigenvalue weighted by Crippen LogP contribution is 2.21. The molecular weight excluding hydrogens is 322 g/mol. The van der Waals surface area contributed by atoms with Crippen LogP contribution in [0.15, 0.2) is 58.6 Å². The maximum absolute atomic E-state index is 12.8. The zero-order chi connectivity index (χ0) is 16.8. The molecule has 2 aromatic heterocycles. The second kappa shape index (κ2) is 8.08. The SMILES string of the molecule is COCCCn1c(SCc2ccccn2)nc2ccccc2c1=O. The molecule has 6 heteroatoms. The van der Waals surface area contributed by atoms with Gasteiger partial charge in [-0.2, -0.15) is 0 Å². The lowest BCUT2D eigenvalue weighted by atomic mass is 10.2. The molecule has 0 radical (unpaired) electrons. The Labute approximate surface area is 144 Å². The van der Waals surface area contributed by atoms with E-state index in [1.165, 1.54) is 11.8 Å². The van der Waals surface area contributed by atoms with E-state index in [2.05, 4.69) is 9.97 Å². The Bertz CT molecular complexity index is 865. The fraction of sp³-hybridized carbons (Fsp3) is 0.278. The molecule has 0 aliphatic heterocycles. The molecule has 0 saturated carbocycles. The van der Waals surface area contributed by atoms with Crippen LogP contribution in [0.2, 0.25) is 0 Å². The monoisotopic (exact) mass is 341 g/mol. The molecule has 0 amide bonds. The van der Waals surface area contributed by atoms with E-state index in [1.54, 1.807) is 17.9 Å². The number of methoxy groups -OCH3 is 1. The molecule has 5 nitrogen and oxygen atoms in total. The third-order valence-corrected chi connectivity index (χ3v) is 4.64. The Morgan fingerprint density at radius 2 is 2.00 bits per heavy atom. The van der Waals surface area contributed by atoms with Crippen LogP contribution in [0, 0.1) is 0 Å². The average Bonchev–Trinajstić information content (AvgIpc) is 2.63. The van der Waals surface area contributed by atoms with Gasteiger partial charge in [-0.25, -0.2) is 4.98 Å². The highest BCUT2D eigenvalue weighted by Gasteiger charge is 2.11. The third-order valence-electron chi connectivity index (χ3n) is 3.63. The zero-order valence-electron chi connectivity index (χ0n) is 13.5. The summed E-state index contributed by atoms with van der Waals surface area (Å²) >= 11 is 1.54. The van der Waals surface area contributed by atoms with E-state index in [0.717, 1.165) is 22.8 Å². The van der Waals surface area contributed by atoms with E-state index in [0.29, 0.717) is 24.3 Å². The Morgan fingerprint density at radius 3 is 2.79 bits per heavy atom. The van der Waals surface area contributed by atoms with Crippen molar-refractivity contribution in [2.75, 3.05) is 13.7 Å². The van der Waals surface area contributed by atoms with E-state index in [4.69, 9.17) is 4.74 Å². The summed E-state index contributed by atoms with van der Waals surface area (Å²) in [5.41, 5.74) is 1.70. The van der Waals surface area contributed by atoms with Crippen LogP contribution in [-0.2, 0) is 17.0 Å². The van der Waals surface area contributed by atoms with Crippen LogP contribution in [0.5, 0.6) is 0 Å². The summed E-state index contributed by atoms with van der Waals surface area (Å²) in [6.07, 6.45) is 2.54. The Morgan fingerprint density at radius 1 is 1.17 bits per heavy atom. The molecule has 0 aliphatic carbocycles. The van der Waals surface area contributed by atoms with Crippen molar-refractivity contribution in [1.29, 1.82) is 0 Å². The highest BCUT2D eigenvalue weighted by molar-refractivity contribution is 7.98. The molecule has 0 saturated heterocycles. The van der Waals surface area contributed by atoms with E-state index >= 15 is 0 Å². The van der Waals surface area contributed by atoms with Crippen LogP contribution in [0.4, 0.5) is 0 Å². The molecule has 0 unspecified atom stereocenters. The topological polar surface area (TPSA) is 57.0 Å². The number of ether oxygens (including phenoxy) is 1. The number of nitrogens with zero attached hydrogens (tertiary/aromatic N) is 3. The minimum atomic E-state index is 0.000207. The number of thioether (sulfide) groups is 1. The first-order valence-electron chi connectivity index (χ1n) is 7.81. The summed E-state index contributed by atoms with van der Waals surface area (Å²) in [5.74, 6) is 0.676. The summed E-state index contributed by atoms with van der Waals surface area (Å²) in [7, 11) is 1.66. The van der Waals surface area contributed by atoms with Crippen molar-refractivity contribution < 1.29 is 4.74 Å². The van der Waals surface area contributed by atoms with Gasteiger partial charge in [-0.1, -0.05) is 30.0 Å². The average molecular weight is 341 g/mol. The number of pyridine rings is 1. The van der Waals surface area contributed by atoms with Gasteiger partial charge in [-0.3, -0.25) is 14.3 Å². The van der Waals surface area contributed by atoms with Crippen molar-refractivity contribution in [3.8, 4) is 0 Å². The lowest BCUT2D eigenvalue weighted by Crippen LogP contribution is -2.24.